The molecule has 1 rings (SSSR count). The molecule has 90 valence electrons. The third-order valence-corrected chi connectivity index (χ3v) is 3.13. The van der Waals surface area contributed by atoms with E-state index in [1.54, 1.807) is 0 Å². The number of halogens is 1. The SMILES string of the molecule is CCN(CC)C(C)CNc1ccc(Cl)cc1. The van der Waals surface area contributed by atoms with Gasteiger partial charge in [-0.1, -0.05) is 25.4 Å². The fourth-order valence-corrected chi connectivity index (χ4v) is 1.94. The molecule has 1 atom stereocenters. The number of rotatable bonds is 6. The average molecular weight is 241 g/mol. The molecule has 0 heterocycles. The van der Waals surface area contributed by atoms with Gasteiger partial charge in [-0.2, -0.15) is 0 Å². The number of hydrogen-bond acceptors (Lipinski definition) is 2. The largest absolute Gasteiger partial charge is 0.383 e. The number of benzene rings is 1. The summed E-state index contributed by atoms with van der Waals surface area (Å²) in [5.41, 5.74) is 1.13. The van der Waals surface area contributed by atoms with E-state index in [1.807, 2.05) is 24.3 Å². The highest BCUT2D eigenvalue weighted by Gasteiger charge is 2.08. The molecule has 0 aliphatic heterocycles. The fraction of sp³-hybridized carbons (Fsp3) is 0.538. The Morgan fingerprint density at radius 1 is 1.19 bits per heavy atom. The monoisotopic (exact) mass is 240 g/mol. The Hall–Kier alpha value is -0.730. The van der Waals surface area contributed by atoms with E-state index < -0.39 is 0 Å². The Morgan fingerprint density at radius 3 is 2.25 bits per heavy atom. The van der Waals surface area contributed by atoms with Crippen molar-refractivity contribution >= 4 is 17.3 Å². The smallest absolute Gasteiger partial charge is 0.0407 e. The number of nitrogens with one attached hydrogen (secondary N) is 1. The Bertz CT molecular complexity index is 293. The quantitative estimate of drug-likeness (QED) is 0.819. The third kappa shape index (κ3) is 4.03. The standard InChI is InChI=1S/C13H21ClN2/c1-4-16(5-2)11(3)10-15-13-8-6-12(14)7-9-13/h6-9,11,15H,4-5,10H2,1-3H3. The zero-order valence-corrected chi connectivity index (χ0v) is 11.1. The second-order valence-electron chi connectivity index (χ2n) is 3.96. The van der Waals surface area contributed by atoms with Crippen LogP contribution in [0.3, 0.4) is 0 Å². The van der Waals surface area contributed by atoms with Gasteiger partial charge in [0.1, 0.15) is 0 Å². The maximum absolute atomic E-state index is 5.83. The van der Waals surface area contributed by atoms with E-state index in [0.717, 1.165) is 30.3 Å². The van der Waals surface area contributed by atoms with Crippen LogP contribution in [-0.2, 0) is 0 Å². The van der Waals surface area contributed by atoms with Gasteiger partial charge in [-0.3, -0.25) is 4.90 Å². The second-order valence-corrected chi connectivity index (χ2v) is 4.39. The number of nitrogens with zero attached hydrogens (tertiary/aromatic N) is 1. The molecule has 0 saturated carbocycles. The molecule has 0 saturated heterocycles. The molecule has 0 aromatic heterocycles. The van der Waals surface area contributed by atoms with Gasteiger partial charge >= 0.3 is 0 Å². The van der Waals surface area contributed by atoms with E-state index in [4.69, 9.17) is 11.6 Å². The number of hydrogen-bond donors (Lipinski definition) is 1. The van der Waals surface area contributed by atoms with Crippen LogP contribution in [0.15, 0.2) is 24.3 Å². The van der Waals surface area contributed by atoms with Crippen molar-refractivity contribution in [1.29, 1.82) is 0 Å². The molecule has 0 amide bonds. The van der Waals surface area contributed by atoms with Gasteiger partial charge in [-0.15, -0.1) is 0 Å². The van der Waals surface area contributed by atoms with Crippen LogP contribution >= 0.6 is 11.6 Å². The van der Waals surface area contributed by atoms with Crippen molar-refractivity contribution < 1.29 is 0 Å². The molecule has 0 aliphatic carbocycles. The topological polar surface area (TPSA) is 15.3 Å². The van der Waals surface area contributed by atoms with E-state index in [1.165, 1.54) is 0 Å². The first-order valence-electron chi connectivity index (χ1n) is 5.90. The molecule has 0 fully saturated rings. The summed E-state index contributed by atoms with van der Waals surface area (Å²) < 4.78 is 0. The Balaban J connectivity index is 2.42. The lowest BCUT2D eigenvalue weighted by Gasteiger charge is -2.26. The minimum atomic E-state index is 0.547. The Labute approximate surface area is 104 Å². The molecular formula is C13H21ClN2. The fourth-order valence-electron chi connectivity index (χ4n) is 1.81. The zero-order chi connectivity index (χ0) is 12.0. The predicted octanol–water partition coefficient (Wildman–Crippen LogP) is 3.48. The first kappa shape index (κ1) is 13.3. The maximum Gasteiger partial charge on any atom is 0.0407 e. The van der Waals surface area contributed by atoms with Crippen LogP contribution in [0.1, 0.15) is 20.8 Å². The lowest BCUT2D eigenvalue weighted by atomic mass is 10.2. The summed E-state index contributed by atoms with van der Waals surface area (Å²) >= 11 is 5.83. The second kappa shape index (κ2) is 6.77. The lowest BCUT2D eigenvalue weighted by molar-refractivity contribution is 0.240. The van der Waals surface area contributed by atoms with Gasteiger partial charge in [0.2, 0.25) is 0 Å². The summed E-state index contributed by atoms with van der Waals surface area (Å²) in [7, 11) is 0. The average Bonchev–Trinajstić information content (AvgIpc) is 2.30. The summed E-state index contributed by atoms with van der Waals surface area (Å²) in [5, 5.41) is 4.20. The van der Waals surface area contributed by atoms with Crippen LogP contribution in [0, 0.1) is 0 Å². The normalized spacial score (nSPS) is 12.8. The minimum absolute atomic E-state index is 0.547. The van der Waals surface area contributed by atoms with Gasteiger partial charge in [0.25, 0.3) is 0 Å². The maximum atomic E-state index is 5.83. The van der Waals surface area contributed by atoms with Crippen molar-refractivity contribution in [2.24, 2.45) is 0 Å². The lowest BCUT2D eigenvalue weighted by Crippen LogP contribution is -2.37. The van der Waals surface area contributed by atoms with Crippen LogP contribution in [0.2, 0.25) is 5.02 Å². The first-order chi connectivity index (χ1) is 7.67. The molecule has 3 heteroatoms. The van der Waals surface area contributed by atoms with Crippen LogP contribution in [-0.4, -0.2) is 30.6 Å². The van der Waals surface area contributed by atoms with E-state index in [-0.39, 0.29) is 0 Å². The van der Waals surface area contributed by atoms with Gasteiger partial charge in [-0.25, -0.2) is 0 Å². The van der Waals surface area contributed by atoms with E-state index in [9.17, 15) is 0 Å². The molecule has 0 aliphatic rings. The van der Waals surface area contributed by atoms with Crippen molar-refractivity contribution in [1.82, 2.24) is 4.90 Å². The molecule has 0 radical (unpaired) electrons. The highest BCUT2D eigenvalue weighted by atomic mass is 35.5. The summed E-state index contributed by atoms with van der Waals surface area (Å²) in [4.78, 5) is 2.43. The van der Waals surface area contributed by atoms with Gasteiger partial charge in [0.15, 0.2) is 0 Å². The van der Waals surface area contributed by atoms with Crippen LogP contribution < -0.4 is 5.32 Å². The molecule has 0 bridgehead atoms. The van der Waals surface area contributed by atoms with Gasteiger partial charge in [-0.05, 0) is 44.3 Å². The van der Waals surface area contributed by atoms with Crippen LogP contribution in [0.25, 0.3) is 0 Å². The molecule has 1 aromatic rings. The van der Waals surface area contributed by atoms with Gasteiger partial charge < -0.3 is 5.32 Å². The van der Waals surface area contributed by atoms with Crippen molar-refractivity contribution in [3.63, 3.8) is 0 Å². The molecule has 1 unspecified atom stereocenters. The third-order valence-electron chi connectivity index (χ3n) is 2.88. The zero-order valence-electron chi connectivity index (χ0n) is 10.3. The van der Waals surface area contributed by atoms with E-state index in [0.29, 0.717) is 6.04 Å². The van der Waals surface area contributed by atoms with Crippen molar-refractivity contribution in [2.45, 2.75) is 26.8 Å². The molecule has 1 aromatic carbocycles. The molecule has 0 spiro atoms. The minimum Gasteiger partial charge on any atom is -0.383 e. The summed E-state index contributed by atoms with van der Waals surface area (Å²) in [6.45, 7) is 9.80. The van der Waals surface area contributed by atoms with Crippen LogP contribution in [0.5, 0.6) is 0 Å². The van der Waals surface area contributed by atoms with Gasteiger partial charge in [0, 0.05) is 23.3 Å². The molecule has 16 heavy (non-hydrogen) atoms. The number of likely N-dealkylation sites (N-methyl/N-ethyl adjacent to an activating group) is 1. The molecule has 2 nitrogen and oxygen atoms in total. The van der Waals surface area contributed by atoms with Crippen LogP contribution in [0.4, 0.5) is 5.69 Å². The highest BCUT2D eigenvalue weighted by Crippen LogP contribution is 2.13. The summed E-state index contributed by atoms with van der Waals surface area (Å²) in [6, 6.07) is 8.39. The van der Waals surface area contributed by atoms with Crippen molar-refractivity contribution in [3.05, 3.63) is 29.3 Å². The number of anilines is 1. The van der Waals surface area contributed by atoms with E-state index >= 15 is 0 Å². The molecule has 1 N–H and O–H groups in total. The highest BCUT2D eigenvalue weighted by molar-refractivity contribution is 6.30. The summed E-state index contributed by atoms with van der Waals surface area (Å²) in [6.07, 6.45) is 0. The molecular weight excluding hydrogens is 220 g/mol. The Morgan fingerprint density at radius 2 is 1.75 bits per heavy atom. The Kier molecular flexibility index (Phi) is 5.64. The van der Waals surface area contributed by atoms with Crippen molar-refractivity contribution in [3.8, 4) is 0 Å². The first-order valence-corrected chi connectivity index (χ1v) is 6.28. The predicted molar refractivity (Wildman–Crippen MR) is 72.3 cm³/mol. The van der Waals surface area contributed by atoms with E-state index in [2.05, 4.69) is 31.0 Å². The van der Waals surface area contributed by atoms with Crippen molar-refractivity contribution in [2.75, 3.05) is 25.0 Å². The van der Waals surface area contributed by atoms with Gasteiger partial charge in [0.05, 0.1) is 0 Å². The summed E-state index contributed by atoms with van der Waals surface area (Å²) in [5.74, 6) is 0.